The number of hydrogen-bond acceptors (Lipinski definition) is 4. The Balaban J connectivity index is 1.49. The Labute approximate surface area is 207 Å². The third-order valence-electron chi connectivity index (χ3n) is 5.59. The van der Waals surface area contributed by atoms with Gasteiger partial charge in [-0.15, -0.1) is 0 Å². The molecule has 0 unspecified atom stereocenters. The topological polar surface area (TPSA) is 76.0 Å². The number of benzene rings is 3. The highest BCUT2D eigenvalue weighted by Gasteiger charge is 2.16. The Kier molecular flexibility index (Phi) is 7.24. The van der Waals surface area contributed by atoms with Crippen molar-refractivity contribution in [1.29, 1.82) is 0 Å². The Morgan fingerprint density at radius 2 is 1.74 bits per heavy atom. The number of amides is 2. The highest BCUT2D eigenvalue weighted by molar-refractivity contribution is 7.99. The van der Waals surface area contributed by atoms with Gasteiger partial charge < -0.3 is 15.2 Å². The van der Waals surface area contributed by atoms with Crippen LogP contribution >= 0.6 is 23.4 Å². The maximum Gasteiger partial charge on any atom is 0.244 e. The van der Waals surface area contributed by atoms with Crippen LogP contribution in [0.15, 0.2) is 65.8 Å². The monoisotopic (exact) mass is 492 g/mol. The van der Waals surface area contributed by atoms with E-state index in [4.69, 9.17) is 11.6 Å². The second-order valence-electron chi connectivity index (χ2n) is 8.07. The van der Waals surface area contributed by atoms with Crippen molar-refractivity contribution in [2.45, 2.75) is 32.5 Å². The number of halogens is 1. The van der Waals surface area contributed by atoms with E-state index in [1.165, 1.54) is 17.3 Å². The zero-order valence-electron chi connectivity index (χ0n) is 19.2. The molecule has 3 aromatic carbocycles. The molecule has 0 spiro atoms. The lowest BCUT2D eigenvalue weighted by atomic mass is 10.1. The van der Waals surface area contributed by atoms with Crippen molar-refractivity contribution >= 4 is 57.6 Å². The first-order chi connectivity index (χ1) is 16.3. The molecule has 1 heterocycles. The molecular weight excluding hydrogens is 468 g/mol. The van der Waals surface area contributed by atoms with Crippen molar-refractivity contribution in [3.63, 3.8) is 0 Å². The molecule has 0 aliphatic rings. The van der Waals surface area contributed by atoms with Gasteiger partial charge in [-0.2, -0.15) is 0 Å². The number of thioether (sulfide) groups is 1. The number of nitrogens with one attached hydrogen (secondary N) is 2. The van der Waals surface area contributed by atoms with Gasteiger partial charge in [-0.3, -0.25) is 9.59 Å². The standard InChI is InChI=1S/C26H25ClN4O2S/c1-16-11-12-19(13-17(16)2)28-25(33)15-34-26-30-22-8-4-5-10-23(22)31(26)14-24(32)29-21-9-6-7-20(27)18(21)3/h4-13H,14-15H2,1-3H3,(H,28,33)(H,29,32). The summed E-state index contributed by atoms with van der Waals surface area (Å²) in [6, 6.07) is 18.8. The van der Waals surface area contributed by atoms with Crippen molar-refractivity contribution in [3.8, 4) is 0 Å². The fourth-order valence-corrected chi connectivity index (χ4v) is 4.53. The quantitative estimate of drug-likeness (QED) is 0.311. The molecule has 34 heavy (non-hydrogen) atoms. The second-order valence-corrected chi connectivity index (χ2v) is 9.42. The summed E-state index contributed by atoms with van der Waals surface area (Å²) >= 11 is 7.48. The third-order valence-corrected chi connectivity index (χ3v) is 6.97. The van der Waals surface area contributed by atoms with Crippen LogP contribution in [-0.4, -0.2) is 27.1 Å². The number of aryl methyl sites for hydroxylation is 2. The highest BCUT2D eigenvalue weighted by atomic mass is 35.5. The predicted octanol–water partition coefficient (Wildman–Crippen LogP) is 5.98. The van der Waals surface area contributed by atoms with Crippen molar-refractivity contribution < 1.29 is 9.59 Å². The molecule has 0 saturated heterocycles. The molecule has 0 aliphatic heterocycles. The number of hydrogen-bond donors (Lipinski definition) is 2. The van der Waals surface area contributed by atoms with E-state index in [1.54, 1.807) is 12.1 Å². The Bertz CT molecular complexity index is 1380. The molecule has 2 amide bonds. The molecule has 4 rings (SSSR count). The van der Waals surface area contributed by atoms with E-state index in [0.717, 1.165) is 27.8 Å². The van der Waals surface area contributed by atoms with Crippen LogP contribution in [0.3, 0.4) is 0 Å². The minimum atomic E-state index is -0.199. The molecule has 1 aromatic heterocycles. The first kappa shape index (κ1) is 23.9. The molecule has 0 radical (unpaired) electrons. The minimum absolute atomic E-state index is 0.0631. The first-order valence-electron chi connectivity index (χ1n) is 10.8. The molecule has 174 valence electrons. The molecule has 8 heteroatoms. The van der Waals surface area contributed by atoms with Gasteiger partial charge in [-0.25, -0.2) is 4.98 Å². The largest absolute Gasteiger partial charge is 0.325 e. The third kappa shape index (κ3) is 5.43. The fourth-order valence-electron chi connectivity index (χ4n) is 3.54. The maximum absolute atomic E-state index is 12.9. The van der Waals surface area contributed by atoms with Crippen LogP contribution in [0.1, 0.15) is 16.7 Å². The lowest BCUT2D eigenvalue weighted by Gasteiger charge is -2.12. The van der Waals surface area contributed by atoms with Crippen LogP contribution in [0.4, 0.5) is 11.4 Å². The van der Waals surface area contributed by atoms with Gasteiger partial charge in [0.05, 0.1) is 16.8 Å². The first-order valence-corrected chi connectivity index (χ1v) is 12.2. The van der Waals surface area contributed by atoms with Crippen molar-refractivity contribution in [2.24, 2.45) is 0 Å². The van der Waals surface area contributed by atoms with E-state index >= 15 is 0 Å². The molecule has 0 bridgehead atoms. The van der Waals surface area contributed by atoms with Crippen LogP contribution in [-0.2, 0) is 16.1 Å². The second kappa shape index (κ2) is 10.3. The van der Waals surface area contributed by atoms with Crippen LogP contribution in [0.25, 0.3) is 11.0 Å². The molecule has 0 saturated carbocycles. The van der Waals surface area contributed by atoms with Gasteiger partial charge in [0, 0.05) is 16.4 Å². The summed E-state index contributed by atoms with van der Waals surface area (Å²) in [6.07, 6.45) is 0. The molecule has 0 aliphatic carbocycles. The zero-order valence-corrected chi connectivity index (χ0v) is 20.8. The molecule has 2 N–H and O–H groups in total. The van der Waals surface area contributed by atoms with Gasteiger partial charge >= 0.3 is 0 Å². The number of carbonyl (C=O) groups is 2. The molecule has 6 nitrogen and oxygen atoms in total. The van der Waals surface area contributed by atoms with E-state index in [0.29, 0.717) is 15.9 Å². The number of anilines is 2. The lowest BCUT2D eigenvalue weighted by molar-refractivity contribution is -0.117. The lowest BCUT2D eigenvalue weighted by Crippen LogP contribution is -2.20. The Morgan fingerprint density at radius 1 is 0.941 bits per heavy atom. The summed E-state index contributed by atoms with van der Waals surface area (Å²) in [5, 5.41) is 7.06. The summed E-state index contributed by atoms with van der Waals surface area (Å²) in [7, 11) is 0. The van der Waals surface area contributed by atoms with Crippen LogP contribution in [0, 0.1) is 20.8 Å². The number of para-hydroxylation sites is 2. The van der Waals surface area contributed by atoms with Crippen LogP contribution in [0.2, 0.25) is 5.02 Å². The van der Waals surface area contributed by atoms with Crippen LogP contribution in [0.5, 0.6) is 0 Å². The Hall–Kier alpha value is -3.29. The summed E-state index contributed by atoms with van der Waals surface area (Å²) in [5.74, 6) is -0.161. The van der Waals surface area contributed by atoms with Gasteiger partial charge in [-0.1, -0.05) is 47.6 Å². The Morgan fingerprint density at radius 3 is 2.53 bits per heavy atom. The zero-order chi connectivity index (χ0) is 24.2. The smallest absolute Gasteiger partial charge is 0.244 e. The van der Waals surface area contributed by atoms with E-state index in [9.17, 15) is 9.59 Å². The number of imidazole rings is 1. The molecule has 0 atom stereocenters. The highest BCUT2D eigenvalue weighted by Crippen LogP contribution is 2.26. The van der Waals surface area contributed by atoms with E-state index in [2.05, 4.69) is 15.6 Å². The van der Waals surface area contributed by atoms with Crippen molar-refractivity contribution in [3.05, 3.63) is 82.4 Å². The normalized spacial score (nSPS) is 10.9. The van der Waals surface area contributed by atoms with Gasteiger partial charge in [0.1, 0.15) is 6.54 Å². The van der Waals surface area contributed by atoms with Gasteiger partial charge in [0.15, 0.2) is 5.16 Å². The van der Waals surface area contributed by atoms with Gasteiger partial charge in [-0.05, 0) is 73.9 Å². The maximum atomic E-state index is 12.9. The summed E-state index contributed by atoms with van der Waals surface area (Å²) in [4.78, 5) is 30.1. The average molecular weight is 493 g/mol. The SMILES string of the molecule is Cc1ccc(NC(=O)CSc2nc3ccccc3n2CC(=O)Nc2cccc(Cl)c2C)cc1C. The van der Waals surface area contributed by atoms with E-state index in [-0.39, 0.29) is 24.1 Å². The minimum Gasteiger partial charge on any atom is -0.325 e. The molecular formula is C26H25ClN4O2S. The number of aromatic nitrogens is 2. The average Bonchev–Trinajstić information content (AvgIpc) is 3.15. The predicted molar refractivity (Wildman–Crippen MR) is 140 cm³/mol. The van der Waals surface area contributed by atoms with Gasteiger partial charge in [0.25, 0.3) is 0 Å². The number of fused-ring (bicyclic) bond motifs is 1. The van der Waals surface area contributed by atoms with Crippen molar-refractivity contribution in [1.82, 2.24) is 9.55 Å². The fraction of sp³-hybridized carbons (Fsp3) is 0.192. The van der Waals surface area contributed by atoms with Crippen molar-refractivity contribution in [2.75, 3.05) is 16.4 Å². The van der Waals surface area contributed by atoms with Crippen LogP contribution < -0.4 is 10.6 Å². The summed E-state index contributed by atoms with van der Waals surface area (Å²) < 4.78 is 1.83. The number of rotatable bonds is 7. The van der Waals surface area contributed by atoms with E-state index < -0.39 is 0 Å². The van der Waals surface area contributed by atoms with Gasteiger partial charge in [0.2, 0.25) is 11.8 Å². The number of carbonyl (C=O) groups excluding carboxylic acids is 2. The summed E-state index contributed by atoms with van der Waals surface area (Å²) in [5.41, 5.74) is 6.14. The number of nitrogens with zero attached hydrogens (tertiary/aromatic N) is 2. The molecule has 0 fully saturated rings. The van der Waals surface area contributed by atoms with E-state index in [1.807, 2.05) is 73.9 Å². The molecule has 4 aromatic rings. The summed E-state index contributed by atoms with van der Waals surface area (Å²) in [6.45, 7) is 5.97.